The molecule has 2 nitrogen and oxygen atoms in total. The summed E-state index contributed by atoms with van der Waals surface area (Å²) < 4.78 is 5.79. The van der Waals surface area contributed by atoms with Crippen molar-refractivity contribution in [2.24, 2.45) is 0 Å². The lowest BCUT2D eigenvalue weighted by Crippen LogP contribution is -2.33. The summed E-state index contributed by atoms with van der Waals surface area (Å²) in [4.78, 5) is 0. The van der Waals surface area contributed by atoms with Crippen LogP contribution in [0, 0.1) is 0 Å². The van der Waals surface area contributed by atoms with Gasteiger partial charge >= 0.3 is 0 Å². The molecule has 0 aromatic heterocycles. The minimum absolute atomic E-state index is 0.537. The van der Waals surface area contributed by atoms with E-state index in [1.165, 1.54) is 70.6 Å². The van der Waals surface area contributed by atoms with Gasteiger partial charge in [0.25, 0.3) is 0 Å². The average molecular weight is 279 g/mol. The predicted molar refractivity (Wildman–Crippen MR) is 86.1 cm³/mol. The quantitative estimate of drug-likeness (QED) is 0.688. The fourth-order valence-electron chi connectivity index (χ4n) is 3.49. The molecule has 0 bridgehead atoms. The molecule has 0 amide bonds. The molecule has 1 N–H and O–H groups in total. The molecule has 1 aliphatic carbocycles. The Morgan fingerprint density at radius 2 is 2.15 bits per heavy atom. The van der Waals surface area contributed by atoms with Crippen molar-refractivity contribution in [1.82, 2.24) is 5.32 Å². The molecule has 0 aromatic rings. The molecule has 0 aromatic carbocycles. The van der Waals surface area contributed by atoms with Crippen molar-refractivity contribution < 1.29 is 4.74 Å². The van der Waals surface area contributed by atoms with Crippen molar-refractivity contribution in [2.75, 3.05) is 13.2 Å². The van der Waals surface area contributed by atoms with Crippen molar-refractivity contribution in [1.29, 1.82) is 0 Å². The van der Waals surface area contributed by atoms with Gasteiger partial charge in [-0.05, 0) is 64.3 Å². The van der Waals surface area contributed by atoms with E-state index in [1.54, 1.807) is 5.57 Å². The first-order valence-corrected chi connectivity index (χ1v) is 8.94. The van der Waals surface area contributed by atoms with E-state index in [1.807, 2.05) is 0 Å². The molecular formula is C18H33NO. The smallest absolute Gasteiger partial charge is 0.0576 e. The Labute approximate surface area is 125 Å². The van der Waals surface area contributed by atoms with Gasteiger partial charge in [-0.15, -0.1) is 0 Å². The molecule has 116 valence electrons. The maximum Gasteiger partial charge on any atom is 0.0576 e. The SMILES string of the molecule is CCCNC(CCC1CCCO1)C1=CCCCCCC1. The lowest BCUT2D eigenvalue weighted by atomic mass is 9.91. The van der Waals surface area contributed by atoms with Crippen molar-refractivity contribution in [3.8, 4) is 0 Å². The second-order valence-electron chi connectivity index (χ2n) is 6.45. The maximum atomic E-state index is 5.79. The summed E-state index contributed by atoms with van der Waals surface area (Å²) in [6, 6.07) is 0.609. The highest BCUT2D eigenvalue weighted by Gasteiger charge is 2.20. The molecule has 1 aliphatic heterocycles. The largest absolute Gasteiger partial charge is 0.378 e. The molecule has 2 rings (SSSR count). The standard InChI is InChI=1S/C18H33NO/c1-2-14-19-18(13-12-17-11-8-15-20-17)16-9-6-4-3-5-7-10-16/h9,17-19H,2-8,10-15H2,1H3. The third kappa shape index (κ3) is 5.57. The van der Waals surface area contributed by atoms with Crippen LogP contribution in [0.5, 0.6) is 0 Å². The van der Waals surface area contributed by atoms with Gasteiger partial charge in [-0.2, -0.15) is 0 Å². The van der Waals surface area contributed by atoms with E-state index in [2.05, 4.69) is 18.3 Å². The van der Waals surface area contributed by atoms with Gasteiger partial charge in [-0.1, -0.05) is 31.4 Å². The lowest BCUT2D eigenvalue weighted by Gasteiger charge is -2.24. The van der Waals surface area contributed by atoms with Crippen LogP contribution in [-0.4, -0.2) is 25.3 Å². The van der Waals surface area contributed by atoms with E-state index in [0.29, 0.717) is 12.1 Å². The molecule has 0 radical (unpaired) electrons. The van der Waals surface area contributed by atoms with Crippen LogP contribution in [0.3, 0.4) is 0 Å². The second-order valence-corrected chi connectivity index (χ2v) is 6.45. The van der Waals surface area contributed by atoms with Crippen molar-refractivity contribution in [3.63, 3.8) is 0 Å². The van der Waals surface area contributed by atoms with Gasteiger partial charge in [0.15, 0.2) is 0 Å². The zero-order valence-corrected chi connectivity index (χ0v) is 13.3. The number of nitrogens with one attached hydrogen (secondary N) is 1. The first kappa shape index (κ1) is 16.0. The topological polar surface area (TPSA) is 21.3 Å². The van der Waals surface area contributed by atoms with Gasteiger partial charge in [0.2, 0.25) is 0 Å². The molecular weight excluding hydrogens is 246 g/mol. The maximum absolute atomic E-state index is 5.79. The number of rotatable bonds is 7. The van der Waals surface area contributed by atoms with Gasteiger partial charge in [0.05, 0.1) is 6.10 Å². The molecule has 2 atom stereocenters. The number of hydrogen-bond acceptors (Lipinski definition) is 2. The Kier molecular flexibility index (Phi) is 7.67. The van der Waals surface area contributed by atoms with E-state index in [9.17, 15) is 0 Å². The van der Waals surface area contributed by atoms with Gasteiger partial charge in [-0.3, -0.25) is 0 Å². The molecule has 2 heteroatoms. The molecule has 1 saturated heterocycles. The first-order chi connectivity index (χ1) is 9.90. The fraction of sp³-hybridized carbons (Fsp3) is 0.889. The zero-order valence-electron chi connectivity index (χ0n) is 13.3. The van der Waals surface area contributed by atoms with Gasteiger partial charge in [0, 0.05) is 12.6 Å². The van der Waals surface area contributed by atoms with Crippen LogP contribution in [0.15, 0.2) is 11.6 Å². The van der Waals surface area contributed by atoms with Crippen LogP contribution in [0.2, 0.25) is 0 Å². The van der Waals surface area contributed by atoms with Crippen LogP contribution in [0.25, 0.3) is 0 Å². The van der Waals surface area contributed by atoms with E-state index >= 15 is 0 Å². The first-order valence-electron chi connectivity index (χ1n) is 8.94. The van der Waals surface area contributed by atoms with Crippen LogP contribution in [0.1, 0.15) is 77.6 Å². The molecule has 1 heterocycles. The fourth-order valence-corrected chi connectivity index (χ4v) is 3.49. The van der Waals surface area contributed by atoms with Gasteiger partial charge in [0.1, 0.15) is 0 Å². The minimum Gasteiger partial charge on any atom is -0.378 e. The Bertz CT molecular complexity index is 281. The Morgan fingerprint density at radius 1 is 1.25 bits per heavy atom. The summed E-state index contributed by atoms with van der Waals surface area (Å²) in [7, 11) is 0. The van der Waals surface area contributed by atoms with E-state index < -0.39 is 0 Å². The Balaban J connectivity index is 1.86. The summed E-state index contributed by atoms with van der Waals surface area (Å²) in [5.74, 6) is 0. The van der Waals surface area contributed by atoms with Crippen LogP contribution in [-0.2, 0) is 4.74 Å². The highest BCUT2D eigenvalue weighted by molar-refractivity contribution is 5.11. The zero-order chi connectivity index (χ0) is 14.0. The number of ether oxygens (including phenoxy) is 1. The molecule has 2 aliphatic rings. The number of hydrogen-bond donors (Lipinski definition) is 1. The minimum atomic E-state index is 0.537. The molecule has 0 spiro atoms. The summed E-state index contributed by atoms with van der Waals surface area (Å²) in [5.41, 5.74) is 1.69. The highest BCUT2D eigenvalue weighted by Crippen LogP contribution is 2.24. The molecule has 2 unspecified atom stereocenters. The Morgan fingerprint density at radius 3 is 2.95 bits per heavy atom. The third-order valence-corrected chi connectivity index (χ3v) is 4.72. The summed E-state index contributed by atoms with van der Waals surface area (Å²) >= 11 is 0. The highest BCUT2D eigenvalue weighted by atomic mass is 16.5. The van der Waals surface area contributed by atoms with Crippen molar-refractivity contribution in [3.05, 3.63) is 11.6 Å². The van der Waals surface area contributed by atoms with E-state index in [0.717, 1.165) is 13.2 Å². The normalized spacial score (nSPS) is 25.9. The van der Waals surface area contributed by atoms with E-state index in [4.69, 9.17) is 4.74 Å². The third-order valence-electron chi connectivity index (χ3n) is 4.72. The lowest BCUT2D eigenvalue weighted by molar-refractivity contribution is 0.100. The van der Waals surface area contributed by atoms with Gasteiger partial charge in [-0.25, -0.2) is 0 Å². The van der Waals surface area contributed by atoms with Crippen molar-refractivity contribution in [2.45, 2.75) is 89.7 Å². The van der Waals surface area contributed by atoms with Crippen LogP contribution in [0.4, 0.5) is 0 Å². The van der Waals surface area contributed by atoms with Crippen LogP contribution < -0.4 is 5.32 Å². The van der Waals surface area contributed by atoms with Gasteiger partial charge < -0.3 is 10.1 Å². The summed E-state index contributed by atoms with van der Waals surface area (Å²) in [6.07, 6.45) is 17.6. The molecule has 1 fully saturated rings. The molecule has 0 saturated carbocycles. The van der Waals surface area contributed by atoms with Crippen molar-refractivity contribution >= 4 is 0 Å². The Hall–Kier alpha value is -0.340. The predicted octanol–water partition coefficient (Wildman–Crippen LogP) is 4.59. The average Bonchev–Trinajstić information content (AvgIpc) is 2.93. The van der Waals surface area contributed by atoms with Crippen LogP contribution >= 0.6 is 0 Å². The monoisotopic (exact) mass is 279 g/mol. The number of allylic oxidation sites excluding steroid dienone is 1. The van der Waals surface area contributed by atoms with E-state index in [-0.39, 0.29) is 0 Å². The molecule has 20 heavy (non-hydrogen) atoms. The summed E-state index contributed by atoms with van der Waals surface area (Å²) in [6.45, 7) is 4.39. The second kappa shape index (κ2) is 9.57. The summed E-state index contributed by atoms with van der Waals surface area (Å²) in [5, 5.41) is 3.79.